The Morgan fingerprint density at radius 1 is 1.09 bits per heavy atom. The molecule has 114 valence electrons. The Balaban J connectivity index is 1.43. The molecule has 2 N–H and O–H groups in total. The van der Waals surface area contributed by atoms with E-state index in [1.807, 2.05) is 12.1 Å². The molecule has 4 nitrogen and oxygen atoms in total. The van der Waals surface area contributed by atoms with E-state index in [1.165, 1.54) is 0 Å². The fraction of sp³-hybridized carbons (Fsp3) is 0.444. The maximum Gasteiger partial charge on any atom is 0.251 e. The van der Waals surface area contributed by atoms with Crippen molar-refractivity contribution in [3.05, 3.63) is 42.0 Å². The van der Waals surface area contributed by atoms with Gasteiger partial charge in [0.25, 0.3) is 5.91 Å². The van der Waals surface area contributed by atoms with E-state index in [1.54, 1.807) is 12.1 Å². The fourth-order valence-corrected chi connectivity index (χ4v) is 3.55. The second-order valence-electron chi connectivity index (χ2n) is 6.70. The van der Waals surface area contributed by atoms with Gasteiger partial charge in [-0.25, -0.2) is 0 Å². The molecule has 2 bridgehead atoms. The van der Waals surface area contributed by atoms with Crippen LogP contribution in [0.25, 0.3) is 0 Å². The van der Waals surface area contributed by atoms with E-state index in [2.05, 4.69) is 22.8 Å². The Morgan fingerprint density at radius 3 is 2.64 bits per heavy atom. The summed E-state index contributed by atoms with van der Waals surface area (Å²) in [6, 6.07) is 7.55. The molecule has 4 heteroatoms. The molecule has 3 aliphatic rings. The first kappa shape index (κ1) is 13.6. The Hall–Kier alpha value is -2.10. The van der Waals surface area contributed by atoms with Gasteiger partial charge in [-0.1, -0.05) is 18.2 Å². The van der Waals surface area contributed by atoms with Crippen molar-refractivity contribution in [2.24, 2.45) is 17.8 Å². The van der Waals surface area contributed by atoms with E-state index in [-0.39, 0.29) is 17.7 Å². The number of carbonyl (C=O) groups excluding carboxylic acids is 2. The van der Waals surface area contributed by atoms with Crippen molar-refractivity contribution < 1.29 is 9.59 Å². The van der Waals surface area contributed by atoms with Crippen LogP contribution >= 0.6 is 0 Å². The second kappa shape index (κ2) is 5.27. The molecule has 3 atom stereocenters. The third-order valence-corrected chi connectivity index (χ3v) is 4.92. The molecule has 0 saturated heterocycles. The van der Waals surface area contributed by atoms with Gasteiger partial charge in [0, 0.05) is 23.2 Å². The fourth-order valence-electron chi connectivity index (χ4n) is 3.55. The molecule has 2 amide bonds. The first-order chi connectivity index (χ1) is 10.7. The zero-order valence-corrected chi connectivity index (χ0v) is 12.4. The second-order valence-corrected chi connectivity index (χ2v) is 6.70. The normalized spacial score (nSPS) is 28.6. The Morgan fingerprint density at radius 2 is 1.95 bits per heavy atom. The van der Waals surface area contributed by atoms with Crippen LogP contribution in [-0.2, 0) is 4.79 Å². The molecule has 0 aromatic heterocycles. The quantitative estimate of drug-likeness (QED) is 0.839. The lowest BCUT2D eigenvalue weighted by atomic mass is 9.93. The largest absolute Gasteiger partial charge is 0.349 e. The van der Waals surface area contributed by atoms with E-state index in [9.17, 15) is 9.59 Å². The number of fused-ring (bicyclic) bond motifs is 2. The standard InChI is InChI=1S/C18H20N2O2/c21-17(19-14-6-7-14)13-2-1-3-15(10-13)20-18(22)16-9-11-4-5-12(16)8-11/h1-5,10-12,14,16H,6-9H2,(H,19,21)(H,20,22). The predicted octanol–water partition coefficient (Wildman–Crippen LogP) is 2.73. The smallest absolute Gasteiger partial charge is 0.251 e. The average Bonchev–Trinajstić information content (AvgIpc) is 3.08. The van der Waals surface area contributed by atoms with Crippen LogP contribution in [0.2, 0.25) is 0 Å². The van der Waals surface area contributed by atoms with Crippen LogP contribution in [0, 0.1) is 17.8 Å². The number of nitrogens with one attached hydrogen (secondary N) is 2. The first-order valence-corrected chi connectivity index (χ1v) is 8.09. The van der Waals surface area contributed by atoms with Gasteiger partial charge in [-0.3, -0.25) is 9.59 Å². The average molecular weight is 296 g/mol. The van der Waals surface area contributed by atoms with E-state index in [0.29, 0.717) is 29.1 Å². The van der Waals surface area contributed by atoms with Gasteiger partial charge in [-0.15, -0.1) is 0 Å². The summed E-state index contributed by atoms with van der Waals surface area (Å²) in [5.41, 5.74) is 1.32. The maximum absolute atomic E-state index is 12.4. The molecule has 4 rings (SSSR count). The van der Waals surface area contributed by atoms with Crippen LogP contribution in [0.15, 0.2) is 36.4 Å². The van der Waals surface area contributed by atoms with E-state index < -0.39 is 0 Å². The molecular formula is C18H20N2O2. The number of hydrogen-bond donors (Lipinski definition) is 2. The van der Waals surface area contributed by atoms with Gasteiger partial charge in [0.05, 0.1) is 0 Å². The molecule has 2 fully saturated rings. The highest BCUT2D eigenvalue weighted by Crippen LogP contribution is 2.43. The first-order valence-electron chi connectivity index (χ1n) is 8.09. The van der Waals surface area contributed by atoms with Crippen molar-refractivity contribution in [2.75, 3.05) is 5.32 Å². The van der Waals surface area contributed by atoms with Crippen LogP contribution in [0.4, 0.5) is 5.69 Å². The number of benzene rings is 1. The molecule has 1 aromatic carbocycles. The molecule has 0 aliphatic heterocycles. The minimum absolute atomic E-state index is 0.0542. The number of carbonyl (C=O) groups is 2. The number of amides is 2. The number of hydrogen-bond acceptors (Lipinski definition) is 2. The third kappa shape index (κ3) is 2.65. The van der Waals surface area contributed by atoms with Crippen molar-refractivity contribution in [1.82, 2.24) is 5.32 Å². The van der Waals surface area contributed by atoms with Gasteiger partial charge in [-0.2, -0.15) is 0 Å². The highest BCUT2D eigenvalue weighted by Gasteiger charge is 2.39. The summed E-state index contributed by atoms with van der Waals surface area (Å²) < 4.78 is 0. The van der Waals surface area contributed by atoms with E-state index in [0.717, 1.165) is 25.7 Å². The minimum Gasteiger partial charge on any atom is -0.349 e. The maximum atomic E-state index is 12.4. The Bertz CT molecular complexity index is 648. The molecule has 0 spiro atoms. The van der Waals surface area contributed by atoms with Gasteiger partial charge in [0.15, 0.2) is 0 Å². The Kier molecular flexibility index (Phi) is 3.25. The summed E-state index contributed by atoms with van der Waals surface area (Å²) in [6.07, 6.45) is 8.62. The van der Waals surface area contributed by atoms with Crippen molar-refractivity contribution in [2.45, 2.75) is 31.7 Å². The number of rotatable bonds is 4. The predicted molar refractivity (Wildman–Crippen MR) is 84.4 cm³/mol. The van der Waals surface area contributed by atoms with Crippen LogP contribution < -0.4 is 10.6 Å². The molecule has 3 unspecified atom stereocenters. The highest BCUT2D eigenvalue weighted by molar-refractivity contribution is 5.98. The SMILES string of the molecule is O=C(NC1CC1)c1cccc(NC(=O)C2CC3C=CC2C3)c1. The summed E-state index contributed by atoms with van der Waals surface area (Å²) in [7, 11) is 0. The molecular weight excluding hydrogens is 276 g/mol. The molecule has 22 heavy (non-hydrogen) atoms. The van der Waals surface area contributed by atoms with Crippen molar-refractivity contribution in [1.29, 1.82) is 0 Å². The topological polar surface area (TPSA) is 58.2 Å². The Labute approximate surface area is 130 Å². The van der Waals surface area contributed by atoms with Gasteiger partial charge >= 0.3 is 0 Å². The summed E-state index contributed by atoms with van der Waals surface area (Å²) >= 11 is 0. The summed E-state index contributed by atoms with van der Waals surface area (Å²) in [5, 5.41) is 5.95. The lowest BCUT2D eigenvalue weighted by molar-refractivity contribution is -0.120. The van der Waals surface area contributed by atoms with Gasteiger partial charge in [-0.05, 0) is 55.7 Å². The molecule has 2 saturated carbocycles. The molecule has 0 heterocycles. The molecule has 0 radical (unpaired) electrons. The van der Waals surface area contributed by atoms with Gasteiger partial charge in [0.1, 0.15) is 0 Å². The van der Waals surface area contributed by atoms with Crippen LogP contribution in [-0.4, -0.2) is 17.9 Å². The van der Waals surface area contributed by atoms with Crippen molar-refractivity contribution >= 4 is 17.5 Å². The van der Waals surface area contributed by atoms with Gasteiger partial charge < -0.3 is 10.6 Å². The summed E-state index contributed by atoms with van der Waals surface area (Å²) in [5.74, 6) is 1.08. The summed E-state index contributed by atoms with van der Waals surface area (Å²) in [6.45, 7) is 0. The summed E-state index contributed by atoms with van der Waals surface area (Å²) in [4.78, 5) is 24.5. The highest BCUT2D eigenvalue weighted by atomic mass is 16.2. The zero-order chi connectivity index (χ0) is 15.1. The third-order valence-electron chi connectivity index (χ3n) is 4.92. The van der Waals surface area contributed by atoms with Crippen LogP contribution in [0.3, 0.4) is 0 Å². The minimum atomic E-state index is -0.0542. The van der Waals surface area contributed by atoms with Crippen molar-refractivity contribution in [3.8, 4) is 0 Å². The zero-order valence-electron chi connectivity index (χ0n) is 12.4. The van der Waals surface area contributed by atoms with Crippen LogP contribution in [0.1, 0.15) is 36.0 Å². The lowest BCUT2D eigenvalue weighted by Crippen LogP contribution is -2.27. The number of anilines is 1. The van der Waals surface area contributed by atoms with Gasteiger partial charge in [0.2, 0.25) is 5.91 Å². The van der Waals surface area contributed by atoms with Crippen molar-refractivity contribution in [3.63, 3.8) is 0 Å². The monoisotopic (exact) mass is 296 g/mol. The number of allylic oxidation sites excluding steroid dienone is 2. The van der Waals surface area contributed by atoms with E-state index >= 15 is 0 Å². The van der Waals surface area contributed by atoms with Crippen LogP contribution in [0.5, 0.6) is 0 Å². The van der Waals surface area contributed by atoms with E-state index in [4.69, 9.17) is 0 Å². The lowest BCUT2D eigenvalue weighted by Gasteiger charge is -2.17. The molecule has 3 aliphatic carbocycles. The molecule has 1 aromatic rings.